The number of rotatable bonds is 7. The normalized spacial score (nSPS) is 12.1. The number of guanidine groups is 1. The van der Waals surface area contributed by atoms with Crippen LogP contribution in [0.15, 0.2) is 29.3 Å². The second-order valence-corrected chi connectivity index (χ2v) is 7.18. The van der Waals surface area contributed by atoms with Crippen molar-refractivity contribution in [2.75, 3.05) is 20.2 Å². The molecule has 0 bridgehead atoms. The van der Waals surface area contributed by atoms with Gasteiger partial charge in [0.25, 0.3) is 0 Å². The van der Waals surface area contributed by atoms with Gasteiger partial charge < -0.3 is 15.4 Å². The van der Waals surface area contributed by atoms with Crippen LogP contribution in [0.5, 0.6) is 5.75 Å². The lowest BCUT2D eigenvalue weighted by Crippen LogP contribution is -2.37. The molecule has 0 unspecified atom stereocenters. The summed E-state index contributed by atoms with van der Waals surface area (Å²) in [6.07, 6.45) is -3.47. The number of ether oxygens (including phenoxy) is 1. The minimum absolute atomic E-state index is 0.189. The molecular weight excluding hydrogens is 377 g/mol. The predicted octanol–water partition coefficient (Wildman–Crippen LogP) is 3.61. The Morgan fingerprint density at radius 1 is 1.19 bits per heavy atom. The number of nitrogens with zero attached hydrogens (tertiary/aromatic N) is 2. The number of aromatic nitrogens is 1. The summed E-state index contributed by atoms with van der Waals surface area (Å²) in [4.78, 5) is 9.83. The lowest BCUT2D eigenvalue weighted by molar-refractivity contribution is -0.153. The number of halogens is 3. The quantitative estimate of drug-likeness (QED) is 0.551. The van der Waals surface area contributed by atoms with Gasteiger partial charge in [0.05, 0.1) is 10.7 Å². The first-order valence-corrected chi connectivity index (χ1v) is 9.24. The van der Waals surface area contributed by atoms with E-state index in [4.69, 9.17) is 4.74 Å². The summed E-state index contributed by atoms with van der Waals surface area (Å²) in [7, 11) is 1.69. The van der Waals surface area contributed by atoms with Gasteiger partial charge in [0.15, 0.2) is 12.6 Å². The van der Waals surface area contributed by atoms with Crippen LogP contribution in [-0.2, 0) is 13.0 Å². The molecule has 27 heavy (non-hydrogen) atoms. The molecule has 1 aromatic carbocycles. The van der Waals surface area contributed by atoms with Gasteiger partial charge in [-0.05, 0) is 31.5 Å². The standard InChI is InChI=1S/C18H23F3N4OS/c1-12-16(27-13(2)25-12)8-9-23-17(22-3)24-10-14-4-6-15(7-5-14)26-11-18(19,20)21/h4-7H,8-11H2,1-3H3,(H2,22,23,24). The predicted molar refractivity (Wildman–Crippen MR) is 101 cm³/mol. The van der Waals surface area contributed by atoms with Crippen LogP contribution in [0.25, 0.3) is 0 Å². The van der Waals surface area contributed by atoms with Crippen LogP contribution >= 0.6 is 11.3 Å². The van der Waals surface area contributed by atoms with Gasteiger partial charge in [0, 0.05) is 31.4 Å². The van der Waals surface area contributed by atoms with Gasteiger partial charge in [0.2, 0.25) is 0 Å². The highest BCUT2D eigenvalue weighted by Crippen LogP contribution is 2.19. The first-order valence-electron chi connectivity index (χ1n) is 8.43. The van der Waals surface area contributed by atoms with Crippen LogP contribution in [0, 0.1) is 13.8 Å². The third kappa shape index (κ3) is 7.46. The van der Waals surface area contributed by atoms with Gasteiger partial charge in [-0.15, -0.1) is 11.3 Å². The van der Waals surface area contributed by atoms with Crippen LogP contribution in [0.4, 0.5) is 13.2 Å². The summed E-state index contributed by atoms with van der Waals surface area (Å²) in [6.45, 7) is 3.94. The molecule has 0 spiro atoms. The maximum Gasteiger partial charge on any atom is 0.422 e. The van der Waals surface area contributed by atoms with E-state index in [0.29, 0.717) is 12.5 Å². The molecule has 9 heteroatoms. The van der Waals surface area contributed by atoms with Gasteiger partial charge in [-0.25, -0.2) is 4.98 Å². The number of aryl methyl sites for hydroxylation is 2. The van der Waals surface area contributed by atoms with E-state index in [1.807, 2.05) is 13.8 Å². The number of alkyl halides is 3. The molecule has 5 nitrogen and oxygen atoms in total. The second-order valence-electron chi connectivity index (χ2n) is 5.89. The van der Waals surface area contributed by atoms with Crippen molar-refractivity contribution in [1.82, 2.24) is 15.6 Å². The fourth-order valence-electron chi connectivity index (χ4n) is 2.37. The SMILES string of the molecule is CN=C(NCCc1sc(C)nc1C)NCc1ccc(OCC(F)(F)F)cc1. The molecule has 2 aromatic rings. The smallest absolute Gasteiger partial charge is 0.422 e. The van der Waals surface area contributed by atoms with Crippen molar-refractivity contribution < 1.29 is 17.9 Å². The summed E-state index contributed by atoms with van der Waals surface area (Å²) in [5, 5.41) is 7.48. The molecule has 0 fully saturated rings. The second kappa shape index (κ2) is 9.59. The summed E-state index contributed by atoms with van der Waals surface area (Å²) in [5.41, 5.74) is 1.97. The van der Waals surface area contributed by atoms with Gasteiger partial charge in [-0.2, -0.15) is 13.2 Å². The highest BCUT2D eigenvalue weighted by Gasteiger charge is 2.28. The molecule has 0 saturated carbocycles. The summed E-state index contributed by atoms with van der Waals surface area (Å²) in [5.74, 6) is 0.847. The molecule has 2 N–H and O–H groups in total. The van der Waals surface area contributed by atoms with E-state index >= 15 is 0 Å². The van der Waals surface area contributed by atoms with E-state index < -0.39 is 12.8 Å². The Morgan fingerprint density at radius 3 is 2.44 bits per heavy atom. The molecule has 1 heterocycles. The lowest BCUT2D eigenvalue weighted by Gasteiger charge is -2.12. The van der Waals surface area contributed by atoms with Crippen molar-refractivity contribution in [2.24, 2.45) is 4.99 Å². The van der Waals surface area contributed by atoms with E-state index in [1.165, 1.54) is 17.0 Å². The fraction of sp³-hybridized carbons (Fsp3) is 0.444. The Morgan fingerprint density at radius 2 is 1.89 bits per heavy atom. The Kier molecular flexibility index (Phi) is 7.46. The maximum atomic E-state index is 12.1. The van der Waals surface area contributed by atoms with Crippen LogP contribution in [0.3, 0.4) is 0 Å². The number of thiazole rings is 1. The molecule has 0 aliphatic rings. The topological polar surface area (TPSA) is 58.5 Å². The molecule has 0 aliphatic heterocycles. The first kappa shape index (κ1) is 21.0. The number of aliphatic imine (C=N–C) groups is 1. The zero-order valence-electron chi connectivity index (χ0n) is 15.5. The molecule has 0 amide bonds. The number of benzene rings is 1. The Bertz CT molecular complexity index is 757. The molecule has 0 aliphatic carbocycles. The number of hydrogen-bond donors (Lipinski definition) is 2. The van der Waals surface area contributed by atoms with Crippen LogP contribution in [-0.4, -0.2) is 37.3 Å². The van der Waals surface area contributed by atoms with E-state index in [2.05, 4.69) is 20.6 Å². The zero-order chi connectivity index (χ0) is 19.9. The lowest BCUT2D eigenvalue weighted by atomic mass is 10.2. The molecule has 1 aromatic heterocycles. The van der Waals surface area contributed by atoms with Crippen molar-refractivity contribution in [3.63, 3.8) is 0 Å². The Labute approximate surface area is 160 Å². The largest absolute Gasteiger partial charge is 0.484 e. The third-order valence-corrected chi connectivity index (χ3v) is 4.79. The first-order chi connectivity index (χ1) is 12.8. The molecular formula is C18H23F3N4OS. The van der Waals surface area contributed by atoms with Crippen molar-refractivity contribution in [2.45, 2.75) is 33.0 Å². The summed E-state index contributed by atoms with van der Waals surface area (Å²) in [6, 6.07) is 6.48. The van der Waals surface area contributed by atoms with Crippen LogP contribution in [0.2, 0.25) is 0 Å². The monoisotopic (exact) mass is 400 g/mol. The average Bonchev–Trinajstić information content (AvgIpc) is 2.93. The van der Waals surface area contributed by atoms with Crippen molar-refractivity contribution in [1.29, 1.82) is 0 Å². The molecule has 2 rings (SSSR count). The van der Waals surface area contributed by atoms with Gasteiger partial charge in [-0.1, -0.05) is 12.1 Å². The highest BCUT2D eigenvalue weighted by molar-refractivity contribution is 7.11. The maximum absolute atomic E-state index is 12.1. The van der Waals surface area contributed by atoms with Gasteiger partial charge in [0.1, 0.15) is 5.75 Å². The number of hydrogen-bond acceptors (Lipinski definition) is 4. The zero-order valence-corrected chi connectivity index (χ0v) is 16.3. The fourth-order valence-corrected chi connectivity index (χ4v) is 3.31. The molecule has 148 valence electrons. The molecule has 0 saturated heterocycles. The number of nitrogens with one attached hydrogen (secondary N) is 2. The van der Waals surface area contributed by atoms with E-state index in [-0.39, 0.29) is 5.75 Å². The van der Waals surface area contributed by atoms with Crippen LogP contribution < -0.4 is 15.4 Å². The third-order valence-electron chi connectivity index (χ3n) is 3.65. The van der Waals surface area contributed by atoms with E-state index in [1.54, 1.807) is 30.5 Å². The highest BCUT2D eigenvalue weighted by atomic mass is 32.1. The van der Waals surface area contributed by atoms with Gasteiger partial charge >= 0.3 is 6.18 Å². The minimum atomic E-state index is -4.34. The van der Waals surface area contributed by atoms with E-state index in [9.17, 15) is 13.2 Å². The minimum Gasteiger partial charge on any atom is -0.484 e. The molecule has 0 radical (unpaired) electrons. The molecule has 0 atom stereocenters. The Hall–Kier alpha value is -2.29. The van der Waals surface area contributed by atoms with Crippen LogP contribution in [0.1, 0.15) is 21.1 Å². The van der Waals surface area contributed by atoms with Crippen molar-refractivity contribution >= 4 is 17.3 Å². The Balaban J connectivity index is 1.76. The van der Waals surface area contributed by atoms with E-state index in [0.717, 1.165) is 29.2 Å². The van der Waals surface area contributed by atoms with Crippen molar-refractivity contribution in [3.05, 3.63) is 45.4 Å². The summed E-state index contributed by atoms with van der Waals surface area (Å²) < 4.78 is 41.1. The summed E-state index contributed by atoms with van der Waals surface area (Å²) >= 11 is 1.70. The van der Waals surface area contributed by atoms with Gasteiger partial charge in [-0.3, -0.25) is 4.99 Å². The van der Waals surface area contributed by atoms with Crippen molar-refractivity contribution in [3.8, 4) is 5.75 Å². The average molecular weight is 400 g/mol.